The fraction of sp³-hybridized carbons (Fsp3) is 0.375. The molecule has 0 unspecified atom stereocenters. The molecule has 4 rings (SSSR count). The van der Waals surface area contributed by atoms with Crippen LogP contribution in [-0.2, 0) is 13.0 Å². The van der Waals surface area contributed by atoms with Crippen molar-refractivity contribution in [2.45, 2.75) is 32.4 Å². The standard InChI is InChI=1S/C24H29N7O5S/c1-24(2,34)13-25-20(32)14-7-5-6-8-15(14)26-21(33)30-23-27-16-9-10-31(12-17(16)37-23)18-11-19(35-3)29-22(28-18)36-4/h5-8,11,34H,9-10,12-13H2,1-4H3,(H,25,32)(H2,26,27,30,33). The summed E-state index contributed by atoms with van der Waals surface area (Å²) in [6.45, 7) is 4.50. The Labute approximate surface area is 218 Å². The molecule has 3 aromatic rings. The van der Waals surface area contributed by atoms with Gasteiger partial charge in [0, 0.05) is 30.5 Å². The first-order valence-corrected chi connectivity index (χ1v) is 12.3. The average molecular weight is 528 g/mol. The van der Waals surface area contributed by atoms with Gasteiger partial charge in [-0.15, -0.1) is 0 Å². The summed E-state index contributed by atoms with van der Waals surface area (Å²) >= 11 is 1.38. The SMILES string of the molecule is COc1cc(N2CCc3nc(NC(=O)Nc4ccccc4C(=O)NCC(C)(C)O)sc3C2)nc(OC)n1. The molecule has 0 aliphatic carbocycles. The minimum atomic E-state index is -1.06. The van der Waals surface area contributed by atoms with E-state index in [9.17, 15) is 14.7 Å². The molecule has 0 fully saturated rings. The molecule has 13 heteroatoms. The van der Waals surface area contributed by atoms with Crippen molar-refractivity contribution in [3.8, 4) is 11.9 Å². The number of thiazole rings is 1. The van der Waals surface area contributed by atoms with Gasteiger partial charge in [-0.1, -0.05) is 23.5 Å². The number of urea groups is 1. The summed E-state index contributed by atoms with van der Waals surface area (Å²) in [5.74, 6) is 0.681. The number of para-hydroxylation sites is 1. The van der Waals surface area contributed by atoms with Crippen LogP contribution in [0.2, 0.25) is 0 Å². The number of aliphatic hydroxyl groups is 1. The molecule has 12 nitrogen and oxygen atoms in total. The maximum Gasteiger partial charge on any atom is 0.325 e. The number of carbonyl (C=O) groups excluding carboxylic acids is 2. The predicted molar refractivity (Wildman–Crippen MR) is 140 cm³/mol. The zero-order valence-corrected chi connectivity index (χ0v) is 21.8. The van der Waals surface area contributed by atoms with Gasteiger partial charge < -0.3 is 30.1 Å². The Morgan fingerprint density at radius 1 is 1.14 bits per heavy atom. The second-order valence-electron chi connectivity index (χ2n) is 8.94. The van der Waals surface area contributed by atoms with Crippen LogP contribution in [0.1, 0.15) is 34.8 Å². The molecular weight excluding hydrogens is 498 g/mol. The van der Waals surface area contributed by atoms with Crippen molar-refractivity contribution in [1.82, 2.24) is 20.3 Å². The third kappa shape index (κ3) is 6.62. The number of hydrogen-bond acceptors (Lipinski definition) is 10. The number of benzene rings is 1. The van der Waals surface area contributed by atoms with Crippen molar-refractivity contribution in [1.29, 1.82) is 0 Å². The van der Waals surface area contributed by atoms with Crippen molar-refractivity contribution < 1.29 is 24.2 Å². The summed E-state index contributed by atoms with van der Waals surface area (Å²) in [4.78, 5) is 41.5. The Kier molecular flexibility index (Phi) is 7.74. The Morgan fingerprint density at radius 2 is 1.92 bits per heavy atom. The van der Waals surface area contributed by atoms with E-state index in [0.717, 1.165) is 10.6 Å². The third-order valence-corrected chi connectivity index (χ3v) is 6.44. The molecule has 1 aliphatic rings. The number of aromatic nitrogens is 3. The highest BCUT2D eigenvalue weighted by Gasteiger charge is 2.24. The van der Waals surface area contributed by atoms with E-state index in [-0.39, 0.29) is 18.1 Å². The number of rotatable bonds is 8. The zero-order chi connectivity index (χ0) is 26.6. The first kappa shape index (κ1) is 26.1. The highest BCUT2D eigenvalue weighted by Crippen LogP contribution is 2.31. The van der Waals surface area contributed by atoms with Crippen LogP contribution >= 0.6 is 11.3 Å². The van der Waals surface area contributed by atoms with Crippen molar-refractivity contribution in [3.63, 3.8) is 0 Å². The predicted octanol–water partition coefficient (Wildman–Crippen LogP) is 2.66. The number of carbonyl (C=O) groups is 2. The van der Waals surface area contributed by atoms with Gasteiger partial charge in [0.15, 0.2) is 5.13 Å². The summed E-state index contributed by atoms with van der Waals surface area (Å²) in [7, 11) is 3.03. The molecule has 4 N–H and O–H groups in total. The van der Waals surface area contributed by atoms with E-state index in [0.29, 0.717) is 42.0 Å². The van der Waals surface area contributed by atoms with E-state index in [1.165, 1.54) is 25.6 Å². The van der Waals surface area contributed by atoms with Gasteiger partial charge in [0.05, 0.1) is 43.3 Å². The highest BCUT2D eigenvalue weighted by atomic mass is 32.1. The quantitative estimate of drug-likeness (QED) is 0.347. The van der Waals surface area contributed by atoms with Gasteiger partial charge in [0.1, 0.15) is 5.82 Å². The Bertz CT molecular complexity index is 1270. The van der Waals surface area contributed by atoms with Crippen LogP contribution in [-0.4, -0.2) is 64.9 Å². The van der Waals surface area contributed by atoms with Crippen molar-refractivity contribution >= 4 is 39.9 Å². The van der Waals surface area contributed by atoms with Gasteiger partial charge in [-0.2, -0.15) is 9.97 Å². The van der Waals surface area contributed by atoms with Crippen LogP contribution in [0.5, 0.6) is 11.9 Å². The summed E-state index contributed by atoms with van der Waals surface area (Å²) in [6.07, 6.45) is 0.675. The number of ether oxygens (including phenoxy) is 2. The molecule has 0 saturated heterocycles. The smallest absolute Gasteiger partial charge is 0.325 e. The fourth-order valence-corrected chi connectivity index (χ4v) is 4.65. The number of fused-ring (bicyclic) bond motifs is 1. The molecule has 3 amide bonds. The number of nitrogens with one attached hydrogen (secondary N) is 3. The molecule has 37 heavy (non-hydrogen) atoms. The van der Waals surface area contributed by atoms with Crippen LogP contribution in [0.15, 0.2) is 30.3 Å². The first-order chi connectivity index (χ1) is 17.6. The molecule has 3 heterocycles. The van der Waals surface area contributed by atoms with E-state index in [1.54, 1.807) is 44.2 Å². The maximum absolute atomic E-state index is 12.7. The molecule has 1 aliphatic heterocycles. The Balaban J connectivity index is 1.42. The fourth-order valence-electron chi connectivity index (χ4n) is 3.63. The lowest BCUT2D eigenvalue weighted by molar-refractivity contribution is 0.0694. The van der Waals surface area contributed by atoms with Crippen molar-refractivity contribution in [2.24, 2.45) is 0 Å². The lowest BCUT2D eigenvalue weighted by Gasteiger charge is -2.27. The molecule has 0 saturated carbocycles. The summed E-state index contributed by atoms with van der Waals surface area (Å²) < 4.78 is 10.4. The molecule has 0 atom stereocenters. The van der Waals surface area contributed by atoms with Gasteiger partial charge in [-0.05, 0) is 26.0 Å². The molecule has 1 aromatic carbocycles. The van der Waals surface area contributed by atoms with Crippen molar-refractivity contribution in [2.75, 3.05) is 42.8 Å². The number of amides is 3. The van der Waals surface area contributed by atoms with Crippen LogP contribution in [0.4, 0.5) is 21.4 Å². The zero-order valence-electron chi connectivity index (χ0n) is 21.0. The van der Waals surface area contributed by atoms with E-state index < -0.39 is 17.5 Å². The lowest BCUT2D eigenvalue weighted by Crippen LogP contribution is -2.38. The summed E-state index contributed by atoms with van der Waals surface area (Å²) in [5, 5.41) is 18.5. The van der Waals surface area contributed by atoms with E-state index >= 15 is 0 Å². The topological polar surface area (TPSA) is 151 Å². The summed E-state index contributed by atoms with van der Waals surface area (Å²) in [5.41, 5.74) is 0.482. The number of hydrogen-bond donors (Lipinski definition) is 4. The Morgan fingerprint density at radius 3 is 2.65 bits per heavy atom. The van der Waals surface area contributed by atoms with Crippen LogP contribution in [0, 0.1) is 0 Å². The minimum Gasteiger partial charge on any atom is -0.481 e. The number of nitrogens with zero attached hydrogens (tertiary/aromatic N) is 4. The minimum absolute atomic E-state index is 0.0721. The van der Waals surface area contributed by atoms with E-state index in [2.05, 4.69) is 35.8 Å². The molecule has 196 valence electrons. The molecule has 0 bridgehead atoms. The van der Waals surface area contributed by atoms with Gasteiger partial charge in [0.25, 0.3) is 5.91 Å². The largest absolute Gasteiger partial charge is 0.481 e. The van der Waals surface area contributed by atoms with Crippen LogP contribution in [0.25, 0.3) is 0 Å². The molecule has 0 spiro atoms. The average Bonchev–Trinajstić information content (AvgIpc) is 3.28. The second kappa shape index (κ2) is 11.0. The number of anilines is 3. The van der Waals surface area contributed by atoms with Crippen molar-refractivity contribution in [3.05, 3.63) is 46.5 Å². The van der Waals surface area contributed by atoms with Crippen LogP contribution in [0.3, 0.4) is 0 Å². The normalized spacial score (nSPS) is 12.9. The molecular formula is C24H29N7O5S. The lowest BCUT2D eigenvalue weighted by atomic mass is 10.1. The van der Waals surface area contributed by atoms with Gasteiger partial charge in [0.2, 0.25) is 5.88 Å². The Hall–Kier alpha value is -3.97. The van der Waals surface area contributed by atoms with Gasteiger partial charge >= 0.3 is 12.0 Å². The monoisotopic (exact) mass is 527 g/mol. The molecule has 2 aromatic heterocycles. The first-order valence-electron chi connectivity index (χ1n) is 11.5. The highest BCUT2D eigenvalue weighted by molar-refractivity contribution is 7.15. The maximum atomic E-state index is 12.7. The third-order valence-electron chi connectivity index (χ3n) is 5.44. The van der Waals surface area contributed by atoms with E-state index in [4.69, 9.17) is 9.47 Å². The molecule has 0 radical (unpaired) electrons. The van der Waals surface area contributed by atoms with Gasteiger partial charge in [-0.3, -0.25) is 10.1 Å². The second-order valence-corrected chi connectivity index (χ2v) is 10.0. The van der Waals surface area contributed by atoms with E-state index in [1.807, 2.05) is 0 Å². The number of methoxy groups -OCH3 is 2. The van der Waals surface area contributed by atoms with Crippen LogP contribution < -0.4 is 30.3 Å². The summed E-state index contributed by atoms with van der Waals surface area (Å²) in [6, 6.07) is 8.10. The van der Waals surface area contributed by atoms with Gasteiger partial charge in [-0.25, -0.2) is 9.78 Å².